The lowest BCUT2D eigenvalue weighted by Gasteiger charge is -2.37. The van der Waals surface area contributed by atoms with E-state index in [9.17, 15) is 0 Å². The summed E-state index contributed by atoms with van der Waals surface area (Å²) in [5.41, 5.74) is 0.211. The summed E-state index contributed by atoms with van der Waals surface area (Å²) in [5, 5.41) is 12.4. The number of hydrogen-bond acceptors (Lipinski definition) is 3. The zero-order chi connectivity index (χ0) is 11.2. The van der Waals surface area contributed by atoms with Crippen molar-refractivity contribution in [3.8, 4) is 0 Å². The van der Waals surface area contributed by atoms with Crippen LogP contribution in [0.2, 0.25) is 0 Å². The second-order valence-electron chi connectivity index (χ2n) is 4.48. The Kier molecular flexibility index (Phi) is 6.33. The fourth-order valence-corrected chi connectivity index (χ4v) is 1.32. The van der Waals surface area contributed by atoms with Gasteiger partial charge < -0.3 is 10.4 Å². The summed E-state index contributed by atoms with van der Waals surface area (Å²) in [5.74, 6) is 0. The van der Waals surface area contributed by atoms with E-state index in [4.69, 9.17) is 5.11 Å². The summed E-state index contributed by atoms with van der Waals surface area (Å²) in [7, 11) is 2.11. The molecule has 0 saturated carbocycles. The molecule has 3 heteroatoms. The lowest BCUT2D eigenvalue weighted by atomic mass is 9.99. The Hall–Kier alpha value is -0.120. The van der Waals surface area contributed by atoms with E-state index in [1.165, 1.54) is 0 Å². The smallest absolute Gasteiger partial charge is 0.0597 e. The summed E-state index contributed by atoms with van der Waals surface area (Å²) < 4.78 is 0. The molecule has 0 bridgehead atoms. The third-order valence-electron chi connectivity index (χ3n) is 3.11. The van der Waals surface area contributed by atoms with Crippen molar-refractivity contribution in [2.24, 2.45) is 0 Å². The van der Waals surface area contributed by atoms with Gasteiger partial charge in [0.15, 0.2) is 0 Å². The number of rotatable bonds is 7. The average molecular weight is 202 g/mol. The van der Waals surface area contributed by atoms with Gasteiger partial charge in [-0.1, -0.05) is 13.8 Å². The Morgan fingerprint density at radius 1 is 1.36 bits per heavy atom. The number of nitrogens with one attached hydrogen (secondary N) is 1. The normalized spacial score (nSPS) is 14.8. The number of likely N-dealkylation sites (N-methyl/N-ethyl adjacent to an activating group) is 2. The van der Waals surface area contributed by atoms with Crippen LogP contribution in [0.4, 0.5) is 0 Å². The van der Waals surface area contributed by atoms with Gasteiger partial charge >= 0.3 is 0 Å². The third kappa shape index (κ3) is 4.40. The Labute approximate surface area is 88.5 Å². The Morgan fingerprint density at radius 3 is 2.29 bits per heavy atom. The summed E-state index contributed by atoms with van der Waals surface area (Å²) in [6, 6.07) is 0.191. The predicted molar refractivity (Wildman–Crippen MR) is 61.6 cm³/mol. The first-order valence-corrected chi connectivity index (χ1v) is 5.53. The van der Waals surface area contributed by atoms with E-state index in [0.29, 0.717) is 0 Å². The minimum absolute atomic E-state index is 0.191. The van der Waals surface area contributed by atoms with Gasteiger partial charge in [0.25, 0.3) is 0 Å². The highest BCUT2D eigenvalue weighted by Gasteiger charge is 2.23. The van der Waals surface area contributed by atoms with E-state index in [1.54, 1.807) is 0 Å². The molecule has 0 rings (SSSR count). The van der Waals surface area contributed by atoms with Crippen LogP contribution in [0, 0.1) is 0 Å². The van der Waals surface area contributed by atoms with Crippen LogP contribution in [0.1, 0.15) is 34.1 Å². The maximum atomic E-state index is 9.16. The second kappa shape index (κ2) is 6.38. The molecule has 0 spiro atoms. The highest BCUT2D eigenvalue weighted by molar-refractivity contribution is 4.81. The molecule has 14 heavy (non-hydrogen) atoms. The molecule has 3 nitrogen and oxygen atoms in total. The molecule has 0 aromatic heterocycles. The highest BCUT2D eigenvalue weighted by atomic mass is 16.3. The van der Waals surface area contributed by atoms with Crippen LogP contribution < -0.4 is 5.32 Å². The molecule has 2 N–H and O–H groups in total. The number of aliphatic hydroxyl groups is 1. The predicted octanol–water partition coefficient (Wildman–Crippen LogP) is 1.08. The van der Waals surface area contributed by atoms with Crippen LogP contribution >= 0.6 is 0 Å². The fourth-order valence-electron chi connectivity index (χ4n) is 1.32. The van der Waals surface area contributed by atoms with Gasteiger partial charge in [0.2, 0.25) is 0 Å². The van der Waals surface area contributed by atoms with Crippen LogP contribution in [-0.2, 0) is 0 Å². The van der Waals surface area contributed by atoms with E-state index >= 15 is 0 Å². The van der Waals surface area contributed by atoms with Crippen molar-refractivity contribution in [3.63, 3.8) is 0 Å². The molecule has 0 aliphatic heterocycles. The average Bonchev–Trinajstić information content (AvgIpc) is 2.16. The second-order valence-corrected chi connectivity index (χ2v) is 4.48. The first-order valence-electron chi connectivity index (χ1n) is 5.53. The first-order chi connectivity index (χ1) is 6.47. The lowest BCUT2D eigenvalue weighted by molar-refractivity contribution is 0.116. The molecule has 0 saturated heterocycles. The van der Waals surface area contributed by atoms with Gasteiger partial charge in [-0.2, -0.15) is 0 Å². The van der Waals surface area contributed by atoms with Crippen LogP contribution in [0.3, 0.4) is 0 Å². The van der Waals surface area contributed by atoms with Crippen molar-refractivity contribution in [1.29, 1.82) is 0 Å². The van der Waals surface area contributed by atoms with Crippen LogP contribution in [0.5, 0.6) is 0 Å². The van der Waals surface area contributed by atoms with Crippen LogP contribution in [0.25, 0.3) is 0 Å². The van der Waals surface area contributed by atoms with Gasteiger partial charge in [-0.15, -0.1) is 0 Å². The van der Waals surface area contributed by atoms with E-state index in [-0.39, 0.29) is 18.2 Å². The molecule has 0 heterocycles. The topological polar surface area (TPSA) is 35.5 Å². The van der Waals surface area contributed by atoms with Crippen LogP contribution in [0.15, 0.2) is 0 Å². The van der Waals surface area contributed by atoms with Gasteiger partial charge in [-0.3, -0.25) is 4.90 Å². The lowest BCUT2D eigenvalue weighted by Crippen LogP contribution is -2.49. The van der Waals surface area contributed by atoms with Gasteiger partial charge in [-0.25, -0.2) is 0 Å². The maximum absolute atomic E-state index is 9.16. The van der Waals surface area contributed by atoms with Gasteiger partial charge in [-0.05, 0) is 33.9 Å². The monoisotopic (exact) mass is 202 g/mol. The molecule has 0 aliphatic carbocycles. The number of hydrogen-bond donors (Lipinski definition) is 2. The standard InChI is InChI=1S/C11H26N2O/c1-6-11(3,4)13(5)8-10(9-14)12-7-2/h10,12,14H,6-9H2,1-5H3. The fraction of sp³-hybridized carbons (Fsp3) is 1.00. The number of nitrogens with zero attached hydrogens (tertiary/aromatic N) is 1. The zero-order valence-electron chi connectivity index (χ0n) is 10.3. The first kappa shape index (κ1) is 13.9. The minimum Gasteiger partial charge on any atom is -0.395 e. The van der Waals surface area contributed by atoms with Crippen molar-refractivity contribution in [2.75, 3.05) is 26.7 Å². The molecule has 0 radical (unpaired) electrons. The Balaban J connectivity index is 4.07. The van der Waals surface area contributed by atoms with Crippen molar-refractivity contribution in [3.05, 3.63) is 0 Å². The molecular formula is C11H26N2O. The molecule has 0 aromatic rings. The van der Waals surface area contributed by atoms with Gasteiger partial charge in [0, 0.05) is 18.1 Å². The van der Waals surface area contributed by atoms with Gasteiger partial charge in [0.05, 0.1) is 6.61 Å². The van der Waals surface area contributed by atoms with Crippen molar-refractivity contribution in [1.82, 2.24) is 10.2 Å². The molecule has 86 valence electrons. The van der Waals surface area contributed by atoms with Crippen molar-refractivity contribution < 1.29 is 5.11 Å². The van der Waals surface area contributed by atoms with Gasteiger partial charge in [0.1, 0.15) is 0 Å². The van der Waals surface area contributed by atoms with E-state index in [1.807, 2.05) is 0 Å². The van der Waals surface area contributed by atoms with E-state index in [2.05, 4.69) is 45.0 Å². The SMILES string of the molecule is CCNC(CO)CN(C)C(C)(C)CC. The molecule has 0 amide bonds. The molecule has 1 unspecified atom stereocenters. The Morgan fingerprint density at radius 2 is 1.93 bits per heavy atom. The highest BCUT2D eigenvalue weighted by Crippen LogP contribution is 2.16. The Bertz CT molecular complexity index is 148. The summed E-state index contributed by atoms with van der Waals surface area (Å²) in [6.45, 7) is 10.7. The molecule has 0 aromatic carbocycles. The quantitative estimate of drug-likeness (QED) is 0.648. The van der Waals surface area contributed by atoms with Crippen molar-refractivity contribution >= 4 is 0 Å². The van der Waals surface area contributed by atoms with Crippen LogP contribution in [-0.4, -0.2) is 48.3 Å². The summed E-state index contributed by atoms with van der Waals surface area (Å²) in [6.07, 6.45) is 1.12. The minimum atomic E-state index is 0.191. The summed E-state index contributed by atoms with van der Waals surface area (Å²) in [4.78, 5) is 2.30. The van der Waals surface area contributed by atoms with Crippen molar-refractivity contribution in [2.45, 2.75) is 45.7 Å². The molecule has 0 aliphatic rings. The zero-order valence-corrected chi connectivity index (χ0v) is 10.3. The summed E-state index contributed by atoms with van der Waals surface area (Å²) >= 11 is 0. The maximum Gasteiger partial charge on any atom is 0.0597 e. The molecule has 0 fully saturated rings. The largest absolute Gasteiger partial charge is 0.395 e. The third-order valence-corrected chi connectivity index (χ3v) is 3.11. The van der Waals surface area contributed by atoms with E-state index in [0.717, 1.165) is 19.5 Å². The molecule has 1 atom stereocenters. The van der Waals surface area contributed by atoms with E-state index < -0.39 is 0 Å². The molecular weight excluding hydrogens is 176 g/mol. The number of aliphatic hydroxyl groups excluding tert-OH is 1.